The third-order valence-electron chi connectivity index (χ3n) is 4.99. The Balaban J connectivity index is 1.26. The maximum atomic E-state index is 12.6. The van der Waals surface area contributed by atoms with Crippen LogP contribution < -0.4 is 5.32 Å². The number of piperazine rings is 1. The first-order valence-corrected chi connectivity index (χ1v) is 11.2. The third kappa shape index (κ3) is 5.18. The molecule has 0 radical (unpaired) electrons. The summed E-state index contributed by atoms with van der Waals surface area (Å²) >= 11 is 5.04. The Kier molecular flexibility index (Phi) is 6.08. The van der Waals surface area contributed by atoms with Gasteiger partial charge in [-0.25, -0.2) is 4.98 Å². The number of thiazole rings is 1. The molecular formula is C20H23BrN4O2S. The van der Waals surface area contributed by atoms with Gasteiger partial charge >= 0.3 is 0 Å². The third-order valence-corrected chi connectivity index (χ3v) is 6.42. The van der Waals surface area contributed by atoms with E-state index in [4.69, 9.17) is 0 Å². The van der Waals surface area contributed by atoms with Gasteiger partial charge in [0.15, 0.2) is 0 Å². The van der Waals surface area contributed by atoms with E-state index in [9.17, 15) is 9.59 Å². The van der Waals surface area contributed by atoms with E-state index in [1.165, 1.54) is 0 Å². The fraction of sp³-hybridized carbons (Fsp3) is 0.450. The molecule has 2 fully saturated rings. The van der Waals surface area contributed by atoms with E-state index in [1.807, 2.05) is 34.5 Å². The maximum Gasteiger partial charge on any atom is 0.234 e. The lowest BCUT2D eigenvalue weighted by Crippen LogP contribution is -2.51. The molecule has 2 heterocycles. The van der Waals surface area contributed by atoms with Gasteiger partial charge in [-0.3, -0.25) is 14.5 Å². The summed E-state index contributed by atoms with van der Waals surface area (Å²) in [5, 5.41) is 5.91. The number of aromatic nitrogens is 1. The normalized spacial score (nSPS) is 17.5. The Morgan fingerprint density at radius 3 is 2.71 bits per heavy atom. The summed E-state index contributed by atoms with van der Waals surface area (Å²) in [4.78, 5) is 33.2. The molecule has 1 saturated carbocycles. The molecule has 1 aromatic carbocycles. The molecule has 0 bridgehead atoms. The van der Waals surface area contributed by atoms with Gasteiger partial charge < -0.3 is 10.2 Å². The summed E-state index contributed by atoms with van der Waals surface area (Å²) in [7, 11) is 0. The first-order valence-electron chi connectivity index (χ1n) is 9.56. The zero-order valence-electron chi connectivity index (χ0n) is 15.6. The van der Waals surface area contributed by atoms with Crippen molar-refractivity contribution in [1.82, 2.24) is 20.1 Å². The molecule has 6 nitrogen and oxygen atoms in total. The van der Waals surface area contributed by atoms with Crippen LogP contribution in [0.2, 0.25) is 0 Å². The predicted octanol–water partition coefficient (Wildman–Crippen LogP) is 2.54. The van der Waals surface area contributed by atoms with Gasteiger partial charge in [0.05, 0.1) is 18.7 Å². The Bertz CT molecular complexity index is 859. The molecule has 1 aromatic heterocycles. The van der Waals surface area contributed by atoms with Crippen molar-refractivity contribution in [3.63, 3.8) is 0 Å². The molecule has 1 aliphatic heterocycles. The monoisotopic (exact) mass is 462 g/mol. The van der Waals surface area contributed by atoms with Crippen molar-refractivity contribution >= 4 is 39.1 Å². The van der Waals surface area contributed by atoms with Crippen molar-refractivity contribution in [2.45, 2.75) is 25.3 Å². The van der Waals surface area contributed by atoms with Crippen molar-refractivity contribution < 1.29 is 9.59 Å². The zero-order valence-corrected chi connectivity index (χ0v) is 18.0. The summed E-state index contributed by atoms with van der Waals surface area (Å²) in [6, 6.07) is 8.42. The van der Waals surface area contributed by atoms with E-state index in [0.717, 1.165) is 46.7 Å². The Hall–Kier alpha value is -1.77. The number of carbonyl (C=O) groups excluding carboxylic acids is 2. The number of amides is 2. The van der Waals surface area contributed by atoms with Crippen LogP contribution >= 0.6 is 27.3 Å². The highest BCUT2D eigenvalue weighted by Gasteiger charge is 2.26. The molecule has 0 atom stereocenters. The van der Waals surface area contributed by atoms with Crippen molar-refractivity contribution in [3.05, 3.63) is 39.8 Å². The van der Waals surface area contributed by atoms with E-state index < -0.39 is 0 Å². The molecular weight excluding hydrogens is 440 g/mol. The van der Waals surface area contributed by atoms with Gasteiger partial charge in [-0.1, -0.05) is 28.1 Å². The number of rotatable bonds is 6. The lowest BCUT2D eigenvalue weighted by atomic mass is 10.2. The summed E-state index contributed by atoms with van der Waals surface area (Å²) in [5.41, 5.74) is 1.87. The van der Waals surface area contributed by atoms with E-state index in [0.29, 0.717) is 32.1 Å². The molecule has 0 unspecified atom stereocenters. The maximum absolute atomic E-state index is 12.6. The topological polar surface area (TPSA) is 65.5 Å². The van der Waals surface area contributed by atoms with Crippen molar-refractivity contribution in [3.8, 4) is 10.6 Å². The highest BCUT2D eigenvalue weighted by Crippen LogP contribution is 2.26. The summed E-state index contributed by atoms with van der Waals surface area (Å²) < 4.78 is 1.02. The summed E-state index contributed by atoms with van der Waals surface area (Å²) in [6.45, 7) is 3.24. The summed E-state index contributed by atoms with van der Waals surface area (Å²) in [5.74, 6) is 0.206. The second-order valence-electron chi connectivity index (χ2n) is 7.33. The van der Waals surface area contributed by atoms with Crippen molar-refractivity contribution in [2.75, 3.05) is 32.7 Å². The number of carbonyl (C=O) groups is 2. The van der Waals surface area contributed by atoms with E-state index in [1.54, 1.807) is 11.3 Å². The standard InChI is InChI=1S/C20H23BrN4O2S/c21-15-3-1-2-14(10-15)20-23-17(13-28-20)11-19(27)25-8-6-24(7-9-25)12-18(26)22-16-4-5-16/h1-3,10,13,16H,4-9,11-12H2,(H,22,26). The largest absolute Gasteiger partial charge is 0.352 e. The fourth-order valence-electron chi connectivity index (χ4n) is 3.27. The molecule has 2 amide bonds. The smallest absolute Gasteiger partial charge is 0.234 e. The van der Waals surface area contributed by atoms with Gasteiger partial charge in [0.1, 0.15) is 5.01 Å². The van der Waals surface area contributed by atoms with E-state index in [2.05, 4.69) is 31.1 Å². The predicted molar refractivity (Wildman–Crippen MR) is 113 cm³/mol. The highest BCUT2D eigenvalue weighted by atomic mass is 79.9. The number of benzene rings is 1. The number of nitrogens with one attached hydrogen (secondary N) is 1. The van der Waals surface area contributed by atoms with Gasteiger partial charge in [0.25, 0.3) is 0 Å². The molecule has 2 aromatic rings. The van der Waals surface area contributed by atoms with Crippen LogP contribution in [0, 0.1) is 0 Å². The van der Waals surface area contributed by atoms with Crippen LogP contribution in [-0.2, 0) is 16.0 Å². The van der Waals surface area contributed by atoms with Gasteiger partial charge in [-0.05, 0) is 25.0 Å². The Morgan fingerprint density at radius 2 is 2.00 bits per heavy atom. The number of halogens is 1. The first-order chi connectivity index (χ1) is 13.6. The molecule has 1 saturated heterocycles. The molecule has 148 valence electrons. The fourth-order valence-corrected chi connectivity index (χ4v) is 4.48. The summed E-state index contributed by atoms with van der Waals surface area (Å²) in [6.07, 6.45) is 2.54. The molecule has 0 spiro atoms. The second kappa shape index (κ2) is 8.71. The number of hydrogen-bond donors (Lipinski definition) is 1. The van der Waals surface area contributed by atoms with Crippen LogP contribution in [0.4, 0.5) is 0 Å². The average molecular weight is 463 g/mol. The van der Waals surface area contributed by atoms with E-state index >= 15 is 0 Å². The quantitative estimate of drug-likeness (QED) is 0.716. The van der Waals surface area contributed by atoms with Crippen LogP contribution in [0.1, 0.15) is 18.5 Å². The zero-order chi connectivity index (χ0) is 19.5. The average Bonchev–Trinajstić information content (AvgIpc) is 3.36. The van der Waals surface area contributed by atoms with Crippen molar-refractivity contribution in [2.24, 2.45) is 0 Å². The Morgan fingerprint density at radius 1 is 1.21 bits per heavy atom. The molecule has 1 N–H and O–H groups in total. The van der Waals surface area contributed by atoms with Crippen LogP contribution in [0.15, 0.2) is 34.1 Å². The number of hydrogen-bond acceptors (Lipinski definition) is 5. The minimum Gasteiger partial charge on any atom is -0.352 e. The van der Waals surface area contributed by atoms with Crippen LogP contribution in [0.5, 0.6) is 0 Å². The lowest BCUT2D eigenvalue weighted by Gasteiger charge is -2.34. The molecule has 1 aliphatic carbocycles. The minimum atomic E-state index is 0.102. The molecule has 2 aliphatic rings. The number of nitrogens with zero attached hydrogens (tertiary/aromatic N) is 3. The van der Waals surface area contributed by atoms with Gasteiger partial charge in [0, 0.05) is 47.6 Å². The van der Waals surface area contributed by atoms with Gasteiger partial charge in [0.2, 0.25) is 11.8 Å². The SMILES string of the molecule is O=C(CN1CCN(C(=O)Cc2csc(-c3cccc(Br)c3)n2)CC1)NC1CC1. The minimum absolute atomic E-state index is 0.102. The molecule has 4 rings (SSSR count). The molecule has 8 heteroatoms. The van der Waals surface area contributed by atoms with Gasteiger partial charge in [-0.15, -0.1) is 11.3 Å². The second-order valence-corrected chi connectivity index (χ2v) is 9.10. The first kappa shape index (κ1) is 19.5. The van der Waals surface area contributed by atoms with Gasteiger partial charge in [-0.2, -0.15) is 0 Å². The highest BCUT2D eigenvalue weighted by molar-refractivity contribution is 9.10. The van der Waals surface area contributed by atoms with Crippen LogP contribution in [0.25, 0.3) is 10.6 Å². The van der Waals surface area contributed by atoms with Crippen molar-refractivity contribution in [1.29, 1.82) is 0 Å². The molecule has 28 heavy (non-hydrogen) atoms. The lowest BCUT2D eigenvalue weighted by molar-refractivity contribution is -0.132. The van der Waals surface area contributed by atoms with E-state index in [-0.39, 0.29) is 11.8 Å². The van der Waals surface area contributed by atoms with Crippen LogP contribution in [0.3, 0.4) is 0 Å². The van der Waals surface area contributed by atoms with Crippen LogP contribution in [-0.4, -0.2) is 65.4 Å². The Labute approximate surface area is 177 Å².